The maximum Gasteiger partial charge on any atom is 0.309 e. The van der Waals surface area contributed by atoms with Crippen molar-refractivity contribution < 1.29 is 28.6 Å². The van der Waals surface area contributed by atoms with Crippen molar-refractivity contribution in [1.82, 2.24) is 14.3 Å². The van der Waals surface area contributed by atoms with E-state index in [-0.39, 0.29) is 69.1 Å². The number of halogens is 2. The zero-order valence-corrected chi connectivity index (χ0v) is 35.0. The second kappa shape index (κ2) is 12.9. The molecule has 300 valence electrons. The molecule has 2 aromatic rings. The van der Waals surface area contributed by atoms with Crippen molar-refractivity contribution in [2.24, 2.45) is 57.8 Å². The number of carbonyl (C=O) groups is 3. The van der Waals surface area contributed by atoms with Crippen LogP contribution in [0.1, 0.15) is 132 Å². The van der Waals surface area contributed by atoms with Gasteiger partial charge in [0.15, 0.2) is 11.6 Å². The second-order valence-corrected chi connectivity index (χ2v) is 20.5. The van der Waals surface area contributed by atoms with Crippen molar-refractivity contribution in [3.05, 3.63) is 56.4 Å². The van der Waals surface area contributed by atoms with E-state index in [1.54, 1.807) is 25.6 Å². The van der Waals surface area contributed by atoms with Crippen LogP contribution in [0.3, 0.4) is 0 Å². The number of aliphatic carboxylic acids is 1. The van der Waals surface area contributed by atoms with Crippen molar-refractivity contribution in [3.8, 4) is 5.82 Å². The molecule has 0 bridgehead atoms. The third kappa shape index (κ3) is 5.52. The van der Waals surface area contributed by atoms with E-state index < -0.39 is 34.1 Å². The Bertz CT molecular complexity index is 2050. The number of carbonyl (C=O) groups excluding carboxylic acids is 2. The van der Waals surface area contributed by atoms with Gasteiger partial charge in [-0.25, -0.2) is 9.37 Å². The van der Waals surface area contributed by atoms with Gasteiger partial charge in [-0.3, -0.25) is 23.9 Å². The van der Waals surface area contributed by atoms with Crippen molar-refractivity contribution in [2.75, 3.05) is 0 Å². The van der Waals surface area contributed by atoms with Gasteiger partial charge in [-0.2, -0.15) is 4.68 Å². The van der Waals surface area contributed by atoms with E-state index in [0.717, 1.165) is 56.7 Å². The lowest BCUT2D eigenvalue weighted by Gasteiger charge is -2.72. The number of nitrogens with zero attached hydrogens (tertiary/aromatic N) is 3. The number of rotatable bonds is 7. The number of ether oxygens (including phenoxy) is 1. The summed E-state index contributed by atoms with van der Waals surface area (Å²) < 4.78 is 23.2. The largest absolute Gasteiger partial charge is 0.481 e. The Morgan fingerprint density at radius 2 is 1.69 bits per heavy atom. The highest BCUT2D eigenvalue weighted by Gasteiger charge is 2.71. The van der Waals surface area contributed by atoms with Gasteiger partial charge in [0.2, 0.25) is 0 Å². The summed E-state index contributed by atoms with van der Waals surface area (Å²) in [6.45, 7) is 19.3. The number of Topliss-reactive ketones (excluding diaryl/α,β-unsaturated/α-hetero) is 1. The lowest BCUT2D eigenvalue weighted by Crippen LogP contribution is -2.66. The number of fused-ring (bicyclic) bond motifs is 7. The standard InChI is InChI=1S/C44H59ClFN3O6/c1-24(2)33-27(50)21-44(36-35(45)37(52)49(48(36)10)31-14-11-25(46)23-47-31)20-19-42(8)26(34(33)44)12-13-29-41(7)17-16-30(55-32(51)22-39(3,4)38(53)54)40(5,6)28(41)15-18-43(29,42)9/h11,14,23-24,26,28-30H,12-13,15-22H2,1-10H3,(H,53,54)/t26-,28+,29-,30+,41+,42-,43-,44-/m1/s1. The number of carboxylic acid groups (broad SMARTS) is 1. The van der Waals surface area contributed by atoms with Crippen LogP contribution in [0.25, 0.3) is 5.82 Å². The van der Waals surface area contributed by atoms with Crippen LogP contribution in [0.15, 0.2) is 34.3 Å². The van der Waals surface area contributed by atoms with Crippen LogP contribution < -0.4 is 5.56 Å². The average Bonchev–Trinajstić information content (AvgIpc) is 3.51. The summed E-state index contributed by atoms with van der Waals surface area (Å²) in [5, 5.41) is 9.72. The van der Waals surface area contributed by atoms with Crippen LogP contribution in [-0.4, -0.2) is 43.3 Å². The summed E-state index contributed by atoms with van der Waals surface area (Å²) in [5.41, 5.74) is -0.112. The van der Waals surface area contributed by atoms with Gasteiger partial charge in [0.1, 0.15) is 16.9 Å². The number of pyridine rings is 1. The van der Waals surface area contributed by atoms with Gasteiger partial charge in [-0.15, -0.1) is 0 Å². The Kier molecular flexibility index (Phi) is 9.35. The predicted octanol–water partition coefficient (Wildman–Crippen LogP) is 9.01. The first-order chi connectivity index (χ1) is 25.5. The maximum atomic E-state index is 14.3. The van der Waals surface area contributed by atoms with Crippen molar-refractivity contribution in [1.29, 1.82) is 0 Å². The molecule has 5 aliphatic carbocycles. The summed E-state index contributed by atoms with van der Waals surface area (Å²) in [6, 6.07) is 2.75. The lowest BCUT2D eigenvalue weighted by atomic mass is 9.33. The Hall–Kier alpha value is -3.27. The first-order valence-corrected chi connectivity index (χ1v) is 20.7. The number of hydrogen-bond acceptors (Lipinski definition) is 6. The van der Waals surface area contributed by atoms with Gasteiger partial charge >= 0.3 is 11.9 Å². The topological polar surface area (TPSA) is 120 Å². The summed E-state index contributed by atoms with van der Waals surface area (Å²) in [5.74, 6) is -0.714. The molecule has 8 atom stereocenters. The van der Waals surface area contributed by atoms with Crippen molar-refractivity contribution in [2.45, 2.75) is 138 Å². The van der Waals surface area contributed by atoms with Crippen LogP contribution in [0.5, 0.6) is 0 Å². The lowest BCUT2D eigenvalue weighted by molar-refractivity contribution is -0.232. The van der Waals surface area contributed by atoms with E-state index in [9.17, 15) is 28.7 Å². The average molecular weight is 780 g/mol. The SMILES string of the molecule is CC(C)C1=C2[C@H]3CC[C@@H]4[C@@]5(C)CC[C@H](OC(=O)CC(C)(C)C(=O)O)C(C)(C)[C@@H]5CC[C@@]4(C)[C@]3(C)CC[C@@]2(c2c(Cl)c(=O)n(-c3ccc(F)cn3)n2C)CC1=O. The smallest absolute Gasteiger partial charge is 0.309 e. The Morgan fingerprint density at radius 3 is 2.31 bits per heavy atom. The van der Waals surface area contributed by atoms with Crippen LogP contribution in [0.2, 0.25) is 5.02 Å². The zero-order chi connectivity index (χ0) is 40.4. The molecule has 7 rings (SSSR count). The van der Waals surface area contributed by atoms with E-state index >= 15 is 0 Å². The molecule has 0 radical (unpaired) electrons. The molecule has 0 aromatic carbocycles. The molecule has 55 heavy (non-hydrogen) atoms. The van der Waals surface area contributed by atoms with Gasteiger partial charge in [0.05, 0.1) is 23.7 Å². The van der Waals surface area contributed by atoms with E-state index in [0.29, 0.717) is 24.0 Å². The fourth-order valence-corrected chi connectivity index (χ4v) is 14.0. The normalized spacial score (nSPS) is 35.5. The molecule has 4 fully saturated rings. The monoisotopic (exact) mass is 779 g/mol. The van der Waals surface area contributed by atoms with E-state index in [2.05, 4.69) is 53.5 Å². The molecule has 0 saturated heterocycles. The second-order valence-electron chi connectivity index (χ2n) is 20.1. The fraction of sp³-hybridized carbons (Fsp3) is 0.705. The minimum absolute atomic E-state index is 0.00187. The van der Waals surface area contributed by atoms with Crippen LogP contribution in [-0.2, 0) is 31.6 Å². The summed E-state index contributed by atoms with van der Waals surface area (Å²) in [7, 11) is 1.80. The maximum absolute atomic E-state index is 14.3. The summed E-state index contributed by atoms with van der Waals surface area (Å²) in [6.07, 6.45) is 8.06. The third-order valence-electron chi connectivity index (χ3n) is 16.4. The Labute approximate surface area is 329 Å². The molecular formula is C44H59ClFN3O6. The Morgan fingerprint density at radius 1 is 1.00 bits per heavy atom. The minimum Gasteiger partial charge on any atom is -0.481 e. The third-order valence-corrected chi connectivity index (χ3v) is 16.7. The van der Waals surface area contributed by atoms with Crippen molar-refractivity contribution in [3.63, 3.8) is 0 Å². The van der Waals surface area contributed by atoms with Crippen molar-refractivity contribution >= 4 is 29.3 Å². The summed E-state index contributed by atoms with van der Waals surface area (Å²) >= 11 is 7.08. The molecule has 0 unspecified atom stereocenters. The molecule has 2 heterocycles. The molecule has 4 saturated carbocycles. The highest BCUT2D eigenvalue weighted by Crippen LogP contribution is 2.77. The number of allylic oxidation sites excluding steroid dienone is 2. The molecule has 9 nitrogen and oxygen atoms in total. The van der Waals surface area contributed by atoms with Gasteiger partial charge in [0, 0.05) is 24.3 Å². The highest BCUT2D eigenvalue weighted by atomic mass is 35.5. The van der Waals surface area contributed by atoms with Gasteiger partial charge < -0.3 is 9.84 Å². The quantitative estimate of drug-likeness (QED) is 0.279. The molecule has 0 aliphatic heterocycles. The van der Waals surface area contributed by atoms with E-state index in [1.165, 1.54) is 22.4 Å². The van der Waals surface area contributed by atoms with E-state index in [1.807, 2.05) is 0 Å². The van der Waals surface area contributed by atoms with Gasteiger partial charge in [-0.1, -0.05) is 60.1 Å². The molecule has 2 aromatic heterocycles. The minimum atomic E-state index is -1.19. The first kappa shape index (κ1) is 39.9. The van der Waals surface area contributed by atoms with E-state index in [4.69, 9.17) is 16.3 Å². The van der Waals surface area contributed by atoms with Crippen LogP contribution in [0.4, 0.5) is 4.39 Å². The van der Waals surface area contributed by atoms with Gasteiger partial charge in [0.25, 0.3) is 5.56 Å². The molecule has 11 heteroatoms. The predicted molar refractivity (Wildman–Crippen MR) is 208 cm³/mol. The molecule has 1 N–H and O–H groups in total. The first-order valence-electron chi connectivity index (χ1n) is 20.3. The Balaban J connectivity index is 1.26. The molecule has 5 aliphatic rings. The van der Waals surface area contributed by atoms with Crippen LogP contribution >= 0.6 is 11.6 Å². The zero-order valence-electron chi connectivity index (χ0n) is 34.3. The summed E-state index contributed by atoms with van der Waals surface area (Å²) in [4.78, 5) is 57.4. The molecular weight excluding hydrogens is 721 g/mol. The number of hydrogen-bond donors (Lipinski definition) is 1. The molecule has 0 amide bonds. The number of aromatic nitrogens is 3. The van der Waals surface area contributed by atoms with Gasteiger partial charge in [-0.05, 0) is 128 Å². The fourth-order valence-electron chi connectivity index (χ4n) is 13.6. The number of ketones is 1. The van der Waals surface area contributed by atoms with Crippen LogP contribution in [0, 0.1) is 56.6 Å². The molecule has 0 spiro atoms. The number of esters is 1. The highest BCUT2D eigenvalue weighted by molar-refractivity contribution is 6.31. The number of carboxylic acids is 1.